The summed E-state index contributed by atoms with van der Waals surface area (Å²) in [6.45, 7) is 0. The first kappa shape index (κ1) is 14.3. The molecule has 0 aliphatic heterocycles. The van der Waals surface area contributed by atoms with Gasteiger partial charge in [0.15, 0.2) is 11.5 Å². The van der Waals surface area contributed by atoms with E-state index in [0.29, 0.717) is 22.8 Å². The fraction of sp³-hybridized carbons (Fsp3) is 0.364. The molecule has 0 fully saturated rings. The number of benzene rings is 1. The molecule has 0 spiro atoms. The number of sulfonamides is 1. The normalized spacial score (nSPS) is 11.6. The number of hydrogen-bond donors (Lipinski definition) is 0. The third kappa shape index (κ3) is 3.63. The second-order valence-electron chi connectivity index (χ2n) is 3.43. The Morgan fingerprint density at radius 1 is 1.06 bits per heavy atom. The minimum atomic E-state index is -3.42. The van der Waals surface area contributed by atoms with Crippen LogP contribution in [0.1, 0.15) is 5.56 Å². The first-order valence-electron chi connectivity index (χ1n) is 4.96. The highest BCUT2D eigenvalue weighted by Gasteiger charge is 2.12. The third-order valence-electron chi connectivity index (χ3n) is 2.08. The van der Waals surface area contributed by atoms with E-state index in [9.17, 15) is 8.42 Å². The molecule has 1 aromatic rings. The average molecular weight is 273 g/mol. The summed E-state index contributed by atoms with van der Waals surface area (Å²) in [4.78, 5) is 0. The van der Waals surface area contributed by atoms with Crippen molar-refractivity contribution in [1.82, 2.24) is 0 Å². The highest BCUT2D eigenvalue weighted by atomic mass is 32.2. The molecule has 100 valence electrons. The van der Waals surface area contributed by atoms with Crippen LogP contribution in [0.3, 0.4) is 0 Å². The molecule has 0 aliphatic rings. The van der Waals surface area contributed by atoms with E-state index in [1.54, 1.807) is 12.1 Å². The number of ether oxygens (including phenoxy) is 3. The molecule has 18 heavy (non-hydrogen) atoms. The van der Waals surface area contributed by atoms with Gasteiger partial charge >= 0.3 is 0 Å². The molecule has 7 heteroatoms. The van der Waals surface area contributed by atoms with E-state index in [0.717, 1.165) is 6.26 Å². The molecule has 0 aromatic heterocycles. The Morgan fingerprint density at radius 3 is 1.89 bits per heavy atom. The highest BCUT2D eigenvalue weighted by Crippen LogP contribution is 2.37. The molecule has 0 unspecified atom stereocenters. The van der Waals surface area contributed by atoms with Crippen molar-refractivity contribution in [3.05, 3.63) is 17.7 Å². The van der Waals surface area contributed by atoms with E-state index in [1.807, 2.05) is 0 Å². The summed E-state index contributed by atoms with van der Waals surface area (Å²) in [5.41, 5.74) is 0.537. The van der Waals surface area contributed by atoms with Crippen molar-refractivity contribution in [3.8, 4) is 17.2 Å². The molecule has 1 aromatic carbocycles. The van der Waals surface area contributed by atoms with Crippen LogP contribution >= 0.6 is 0 Å². The number of nitrogens with zero attached hydrogens (tertiary/aromatic N) is 1. The summed E-state index contributed by atoms with van der Waals surface area (Å²) in [6.07, 6.45) is 2.24. The molecule has 1 rings (SSSR count). The zero-order valence-electron chi connectivity index (χ0n) is 10.6. The summed E-state index contributed by atoms with van der Waals surface area (Å²) in [6, 6.07) is 3.21. The fourth-order valence-corrected chi connectivity index (χ4v) is 1.65. The molecular weight excluding hydrogens is 258 g/mol. The lowest BCUT2D eigenvalue weighted by molar-refractivity contribution is 0.324. The Kier molecular flexibility index (Phi) is 4.55. The molecule has 6 nitrogen and oxygen atoms in total. The topological polar surface area (TPSA) is 74.2 Å². The van der Waals surface area contributed by atoms with Crippen molar-refractivity contribution in [3.63, 3.8) is 0 Å². The Labute approximate surface area is 106 Å². The van der Waals surface area contributed by atoms with Crippen LogP contribution < -0.4 is 14.2 Å². The summed E-state index contributed by atoms with van der Waals surface area (Å²) < 4.78 is 40.7. The predicted molar refractivity (Wildman–Crippen MR) is 68.5 cm³/mol. The van der Waals surface area contributed by atoms with Gasteiger partial charge in [-0.1, -0.05) is 0 Å². The molecule has 0 amide bonds. The van der Waals surface area contributed by atoms with Crippen LogP contribution in [0.25, 0.3) is 0 Å². The van der Waals surface area contributed by atoms with Crippen molar-refractivity contribution in [2.24, 2.45) is 4.40 Å². The molecule has 0 bridgehead atoms. The second-order valence-corrected chi connectivity index (χ2v) is 5.10. The number of methoxy groups -OCH3 is 3. The minimum Gasteiger partial charge on any atom is -0.493 e. The summed E-state index contributed by atoms with van der Waals surface area (Å²) >= 11 is 0. The van der Waals surface area contributed by atoms with Gasteiger partial charge < -0.3 is 14.2 Å². The first-order valence-corrected chi connectivity index (χ1v) is 6.81. The largest absolute Gasteiger partial charge is 0.493 e. The van der Waals surface area contributed by atoms with Gasteiger partial charge in [-0.15, -0.1) is 0 Å². The maximum atomic E-state index is 11.0. The Hall–Kier alpha value is -1.76. The van der Waals surface area contributed by atoms with Gasteiger partial charge in [-0.3, -0.25) is 0 Å². The lowest BCUT2D eigenvalue weighted by atomic mass is 10.2. The standard InChI is InChI=1S/C11H15NO5S/c1-15-9-5-8(7-12-18(4,13)14)6-10(16-2)11(9)17-3/h5-7H,1-4H3. The van der Waals surface area contributed by atoms with E-state index < -0.39 is 10.0 Å². The maximum Gasteiger partial charge on any atom is 0.250 e. The number of rotatable bonds is 5. The van der Waals surface area contributed by atoms with Crippen molar-refractivity contribution in [1.29, 1.82) is 0 Å². The smallest absolute Gasteiger partial charge is 0.250 e. The molecule has 0 atom stereocenters. The van der Waals surface area contributed by atoms with E-state index in [-0.39, 0.29) is 0 Å². The molecule has 0 N–H and O–H groups in total. The number of hydrogen-bond acceptors (Lipinski definition) is 5. The van der Waals surface area contributed by atoms with Crippen LogP contribution in [-0.4, -0.2) is 42.2 Å². The van der Waals surface area contributed by atoms with E-state index in [4.69, 9.17) is 14.2 Å². The average Bonchev–Trinajstić information content (AvgIpc) is 2.33. The van der Waals surface area contributed by atoms with Gasteiger partial charge in [-0.25, -0.2) is 8.42 Å². The van der Waals surface area contributed by atoms with Crippen molar-refractivity contribution >= 4 is 16.2 Å². The van der Waals surface area contributed by atoms with Crippen molar-refractivity contribution in [2.45, 2.75) is 0 Å². The lowest BCUT2D eigenvalue weighted by Gasteiger charge is -2.12. The molecule has 0 saturated carbocycles. The van der Waals surface area contributed by atoms with Crippen LogP contribution in [-0.2, 0) is 10.0 Å². The first-order chi connectivity index (χ1) is 8.41. The quantitative estimate of drug-likeness (QED) is 0.751. The molecule has 0 radical (unpaired) electrons. The monoisotopic (exact) mass is 273 g/mol. The van der Waals surface area contributed by atoms with Gasteiger partial charge in [0.25, 0.3) is 0 Å². The van der Waals surface area contributed by atoms with Crippen LogP contribution in [0.4, 0.5) is 0 Å². The van der Waals surface area contributed by atoms with Crippen molar-refractivity contribution < 1.29 is 22.6 Å². The predicted octanol–water partition coefficient (Wildman–Crippen LogP) is 1.09. The maximum absolute atomic E-state index is 11.0. The molecule has 0 saturated heterocycles. The summed E-state index contributed by atoms with van der Waals surface area (Å²) in [7, 11) is 1.03. The van der Waals surface area contributed by atoms with Gasteiger partial charge in [0.1, 0.15) is 0 Å². The Morgan fingerprint density at radius 2 is 1.56 bits per heavy atom. The molecular formula is C11H15NO5S. The van der Waals surface area contributed by atoms with Gasteiger partial charge in [0, 0.05) is 11.8 Å². The summed E-state index contributed by atoms with van der Waals surface area (Å²) in [5.74, 6) is 1.31. The van der Waals surface area contributed by atoms with Gasteiger partial charge in [0.05, 0.1) is 27.6 Å². The van der Waals surface area contributed by atoms with Gasteiger partial charge in [-0.2, -0.15) is 4.40 Å². The third-order valence-corrected chi connectivity index (χ3v) is 2.57. The second kappa shape index (κ2) is 5.72. The SMILES string of the molecule is COc1cc(C=NS(C)(=O)=O)cc(OC)c1OC. The van der Waals surface area contributed by atoms with Gasteiger partial charge in [-0.05, 0) is 12.1 Å². The van der Waals surface area contributed by atoms with Crippen LogP contribution in [0, 0.1) is 0 Å². The van der Waals surface area contributed by atoms with Crippen molar-refractivity contribution in [2.75, 3.05) is 27.6 Å². The van der Waals surface area contributed by atoms with Crippen LogP contribution in [0.5, 0.6) is 17.2 Å². The highest BCUT2D eigenvalue weighted by molar-refractivity contribution is 7.89. The molecule has 0 heterocycles. The van der Waals surface area contributed by atoms with E-state index >= 15 is 0 Å². The zero-order valence-corrected chi connectivity index (χ0v) is 11.4. The minimum absolute atomic E-state index is 0.437. The van der Waals surface area contributed by atoms with Crippen LogP contribution in [0.2, 0.25) is 0 Å². The lowest BCUT2D eigenvalue weighted by Crippen LogP contribution is -1.97. The Balaban J connectivity index is 3.28. The summed E-state index contributed by atoms with van der Waals surface area (Å²) in [5, 5.41) is 0. The fourth-order valence-electron chi connectivity index (χ4n) is 1.33. The van der Waals surface area contributed by atoms with Gasteiger partial charge in [0.2, 0.25) is 15.8 Å². The Bertz CT molecular complexity index is 526. The van der Waals surface area contributed by atoms with Crippen LogP contribution in [0.15, 0.2) is 16.5 Å². The van der Waals surface area contributed by atoms with E-state index in [1.165, 1.54) is 27.5 Å². The van der Waals surface area contributed by atoms with E-state index in [2.05, 4.69) is 4.40 Å². The zero-order chi connectivity index (χ0) is 13.8. The molecule has 0 aliphatic carbocycles.